The third-order valence-electron chi connectivity index (χ3n) is 3.06. The number of anilines is 1. The molecule has 0 atom stereocenters. The maximum atomic E-state index is 12.0. The lowest BCUT2D eigenvalue weighted by Crippen LogP contribution is -2.16. The summed E-state index contributed by atoms with van der Waals surface area (Å²) in [5, 5.41) is 7.85. The molecule has 0 fully saturated rings. The van der Waals surface area contributed by atoms with Crippen LogP contribution in [0.15, 0.2) is 41.4 Å². The van der Waals surface area contributed by atoms with Crippen molar-refractivity contribution in [3.8, 4) is 0 Å². The molecule has 4 nitrogen and oxygen atoms in total. The molecule has 1 aromatic heterocycles. The third-order valence-corrected chi connectivity index (χ3v) is 4.41. The van der Waals surface area contributed by atoms with Gasteiger partial charge in [-0.05, 0) is 50.3 Å². The van der Waals surface area contributed by atoms with Gasteiger partial charge in [0.05, 0.1) is 6.20 Å². The zero-order valence-corrected chi connectivity index (χ0v) is 14.3. The number of carbonyl (C=O) groups is 1. The molecule has 0 unspecified atom stereocenters. The van der Waals surface area contributed by atoms with Crippen LogP contribution in [0.1, 0.15) is 32.7 Å². The molecule has 118 valence electrons. The first kappa shape index (κ1) is 16.9. The lowest BCUT2D eigenvalue weighted by atomic mass is 10.3. The van der Waals surface area contributed by atoms with E-state index in [1.807, 2.05) is 44.2 Å². The molecule has 1 heterocycles. The summed E-state index contributed by atoms with van der Waals surface area (Å²) in [6.45, 7) is 4.07. The Morgan fingerprint density at radius 2 is 2.05 bits per heavy atom. The smallest absolute Gasteiger partial charge is 0.225 e. The fourth-order valence-corrected chi connectivity index (χ4v) is 2.96. The molecule has 2 rings (SSSR count). The van der Waals surface area contributed by atoms with E-state index in [1.54, 1.807) is 22.6 Å². The van der Waals surface area contributed by atoms with Crippen LogP contribution in [0.5, 0.6) is 0 Å². The highest BCUT2D eigenvalue weighted by atomic mass is 35.5. The van der Waals surface area contributed by atoms with E-state index in [1.165, 1.54) is 4.90 Å². The zero-order valence-electron chi connectivity index (χ0n) is 12.8. The third kappa shape index (κ3) is 5.07. The number of halogens is 1. The van der Waals surface area contributed by atoms with Gasteiger partial charge in [-0.25, -0.2) is 4.68 Å². The van der Waals surface area contributed by atoms with Crippen LogP contribution >= 0.6 is 23.4 Å². The Morgan fingerprint density at radius 1 is 1.32 bits per heavy atom. The summed E-state index contributed by atoms with van der Waals surface area (Å²) < 4.78 is 1.81. The van der Waals surface area contributed by atoms with Crippen molar-refractivity contribution >= 4 is 35.1 Å². The molecule has 6 heteroatoms. The molecule has 1 amide bonds. The second-order valence-corrected chi connectivity index (χ2v) is 6.81. The standard InChI is InChI=1S/C16H20ClN3OS/c1-12(2)20-15(9-10-18-20)19-16(21)4-3-11-22-14-7-5-13(17)6-8-14/h5-10,12H,3-4,11H2,1-2H3,(H,19,21). The first-order chi connectivity index (χ1) is 10.6. The fourth-order valence-electron chi connectivity index (χ4n) is 1.98. The number of hydrogen-bond donors (Lipinski definition) is 1. The number of carbonyl (C=O) groups excluding carboxylic acids is 1. The summed E-state index contributed by atoms with van der Waals surface area (Å²) in [4.78, 5) is 13.1. The van der Waals surface area contributed by atoms with Crippen molar-refractivity contribution in [3.63, 3.8) is 0 Å². The first-order valence-corrected chi connectivity index (χ1v) is 8.64. The molecular weight excluding hydrogens is 318 g/mol. The summed E-state index contributed by atoms with van der Waals surface area (Å²) in [5.41, 5.74) is 0. The number of aromatic nitrogens is 2. The second kappa shape index (κ2) is 8.25. The Bertz CT molecular complexity index is 610. The van der Waals surface area contributed by atoms with Crippen LogP contribution in [0, 0.1) is 0 Å². The van der Waals surface area contributed by atoms with Crippen LogP contribution in [0.2, 0.25) is 5.02 Å². The molecule has 0 aliphatic heterocycles. The minimum absolute atomic E-state index is 0.0270. The highest BCUT2D eigenvalue weighted by Crippen LogP contribution is 2.21. The van der Waals surface area contributed by atoms with E-state index in [0.717, 1.165) is 23.0 Å². The van der Waals surface area contributed by atoms with Gasteiger partial charge in [0.2, 0.25) is 5.91 Å². The SMILES string of the molecule is CC(C)n1nccc1NC(=O)CCCSc1ccc(Cl)cc1. The first-order valence-electron chi connectivity index (χ1n) is 7.28. The summed E-state index contributed by atoms with van der Waals surface area (Å²) in [6, 6.07) is 9.79. The van der Waals surface area contributed by atoms with E-state index in [9.17, 15) is 4.79 Å². The van der Waals surface area contributed by atoms with E-state index in [-0.39, 0.29) is 11.9 Å². The van der Waals surface area contributed by atoms with Crippen LogP contribution in [0.3, 0.4) is 0 Å². The number of thioether (sulfide) groups is 1. The molecule has 0 radical (unpaired) electrons. The predicted octanol–water partition coefficient (Wildman–Crippen LogP) is 4.63. The van der Waals surface area contributed by atoms with E-state index < -0.39 is 0 Å². The molecule has 1 aromatic carbocycles. The lowest BCUT2D eigenvalue weighted by Gasteiger charge is -2.11. The van der Waals surface area contributed by atoms with Gasteiger partial charge < -0.3 is 5.32 Å². The van der Waals surface area contributed by atoms with Crippen LogP contribution in [0.4, 0.5) is 5.82 Å². The Labute approximate surface area is 140 Å². The van der Waals surface area contributed by atoms with Gasteiger partial charge in [0.25, 0.3) is 0 Å². The normalized spacial score (nSPS) is 10.9. The molecule has 0 saturated heterocycles. The largest absolute Gasteiger partial charge is 0.311 e. The average molecular weight is 338 g/mol. The summed E-state index contributed by atoms with van der Waals surface area (Å²) in [6.07, 6.45) is 3.03. The van der Waals surface area contributed by atoms with Gasteiger partial charge >= 0.3 is 0 Å². The Balaban J connectivity index is 1.71. The molecule has 0 aliphatic carbocycles. The summed E-state index contributed by atoms with van der Waals surface area (Å²) in [5.74, 6) is 1.68. The summed E-state index contributed by atoms with van der Waals surface area (Å²) in [7, 11) is 0. The Morgan fingerprint density at radius 3 is 2.73 bits per heavy atom. The molecular formula is C16H20ClN3OS. The average Bonchev–Trinajstić information content (AvgIpc) is 2.94. The minimum atomic E-state index is 0.0270. The van der Waals surface area contributed by atoms with Crippen LogP contribution in [-0.4, -0.2) is 21.4 Å². The predicted molar refractivity (Wildman–Crippen MR) is 92.7 cm³/mol. The van der Waals surface area contributed by atoms with Gasteiger partial charge in [-0.1, -0.05) is 11.6 Å². The fraction of sp³-hybridized carbons (Fsp3) is 0.375. The zero-order chi connectivity index (χ0) is 15.9. The number of hydrogen-bond acceptors (Lipinski definition) is 3. The number of benzene rings is 1. The molecule has 0 spiro atoms. The van der Waals surface area contributed by atoms with E-state index >= 15 is 0 Å². The Hall–Kier alpha value is -1.46. The van der Waals surface area contributed by atoms with Crippen molar-refractivity contribution in [3.05, 3.63) is 41.6 Å². The van der Waals surface area contributed by atoms with E-state index in [0.29, 0.717) is 6.42 Å². The quantitative estimate of drug-likeness (QED) is 0.592. The van der Waals surface area contributed by atoms with Crippen molar-refractivity contribution in [2.24, 2.45) is 0 Å². The van der Waals surface area contributed by atoms with Gasteiger partial charge in [0, 0.05) is 28.4 Å². The molecule has 0 aliphatic rings. The van der Waals surface area contributed by atoms with Gasteiger partial charge in [0.15, 0.2) is 0 Å². The molecule has 22 heavy (non-hydrogen) atoms. The van der Waals surface area contributed by atoms with Crippen molar-refractivity contribution < 1.29 is 4.79 Å². The van der Waals surface area contributed by atoms with Crippen LogP contribution < -0.4 is 5.32 Å². The number of nitrogens with one attached hydrogen (secondary N) is 1. The van der Waals surface area contributed by atoms with E-state index in [4.69, 9.17) is 11.6 Å². The monoisotopic (exact) mass is 337 g/mol. The van der Waals surface area contributed by atoms with Crippen molar-refractivity contribution in [1.29, 1.82) is 0 Å². The number of rotatable bonds is 7. The highest BCUT2D eigenvalue weighted by Gasteiger charge is 2.09. The Kier molecular flexibility index (Phi) is 6.34. The number of nitrogens with zero attached hydrogens (tertiary/aromatic N) is 2. The maximum Gasteiger partial charge on any atom is 0.225 e. The second-order valence-electron chi connectivity index (χ2n) is 5.21. The van der Waals surface area contributed by atoms with Crippen molar-refractivity contribution in [2.45, 2.75) is 37.6 Å². The van der Waals surface area contributed by atoms with Crippen LogP contribution in [-0.2, 0) is 4.79 Å². The van der Waals surface area contributed by atoms with E-state index in [2.05, 4.69) is 10.4 Å². The molecule has 2 aromatic rings. The summed E-state index contributed by atoms with van der Waals surface area (Å²) >= 11 is 7.58. The van der Waals surface area contributed by atoms with Gasteiger partial charge in [0.1, 0.15) is 5.82 Å². The topological polar surface area (TPSA) is 46.9 Å². The lowest BCUT2D eigenvalue weighted by molar-refractivity contribution is -0.116. The van der Waals surface area contributed by atoms with Gasteiger partial charge in [-0.2, -0.15) is 5.10 Å². The maximum absolute atomic E-state index is 12.0. The molecule has 0 saturated carbocycles. The molecule has 0 bridgehead atoms. The minimum Gasteiger partial charge on any atom is -0.311 e. The number of amides is 1. The van der Waals surface area contributed by atoms with Crippen molar-refractivity contribution in [2.75, 3.05) is 11.1 Å². The van der Waals surface area contributed by atoms with Crippen LogP contribution in [0.25, 0.3) is 0 Å². The molecule has 1 N–H and O–H groups in total. The highest BCUT2D eigenvalue weighted by molar-refractivity contribution is 7.99. The van der Waals surface area contributed by atoms with Crippen molar-refractivity contribution in [1.82, 2.24) is 9.78 Å². The van der Waals surface area contributed by atoms with Gasteiger partial charge in [-0.15, -0.1) is 11.8 Å². The van der Waals surface area contributed by atoms with Gasteiger partial charge in [-0.3, -0.25) is 4.79 Å².